The Hall–Kier alpha value is -8.72. The largest absolute Gasteiger partial charge is 0.455 e. The molecule has 0 atom stereocenters. The van der Waals surface area contributed by atoms with Crippen LogP contribution in [0, 0.1) is 0 Å². The molecule has 0 aliphatic heterocycles. The molecule has 1 aromatic heterocycles. The monoisotopic (exact) mass is 839 g/mol. The number of nitrogens with zero attached hydrogens (tertiary/aromatic N) is 1. The van der Waals surface area contributed by atoms with Crippen LogP contribution in [0.25, 0.3) is 110 Å². The second kappa shape index (κ2) is 15.5. The molecule has 1 heterocycles. The SMILES string of the molecule is c1cc(-c2ccc(N(c3ccc(-c4c(-c5cccc6ccccc56)ccc5ccccc45)cc3)c3cc4ccccc4c4ccccc34)cc2)cc(-c2cccc3c2oc2ccccc23)c1. The molecule has 308 valence electrons. The van der Waals surface area contributed by atoms with Crippen molar-refractivity contribution in [1.29, 1.82) is 0 Å². The van der Waals surface area contributed by atoms with Crippen molar-refractivity contribution in [3.05, 3.63) is 249 Å². The van der Waals surface area contributed by atoms with Gasteiger partial charge in [-0.05, 0) is 119 Å². The first-order valence-corrected chi connectivity index (χ1v) is 22.7. The zero-order valence-electron chi connectivity index (χ0n) is 36.0. The Morgan fingerprint density at radius 3 is 1.61 bits per heavy atom. The van der Waals surface area contributed by atoms with Crippen LogP contribution in [-0.2, 0) is 0 Å². The summed E-state index contributed by atoms with van der Waals surface area (Å²) in [5.41, 5.74) is 14.5. The Morgan fingerprint density at radius 2 is 0.818 bits per heavy atom. The predicted molar refractivity (Wildman–Crippen MR) is 280 cm³/mol. The molecular formula is C64H41NO. The molecule has 0 bridgehead atoms. The van der Waals surface area contributed by atoms with Crippen molar-refractivity contribution in [3.63, 3.8) is 0 Å². The summed E-state index contributed by atoms with van der Waals surface area (Å²) in [4.78, 5) is 2.43. The molecular weight excluding hydrogens is 799 g/mol. The van der Waals surface area contributed by atoms with Gasteiger partial charge in [-0.2, -0.15) is 0 Å². The van der Waals surface area contributed by atoms with E-state index in [1.807, 2.05) is 12.1 Å². The summed E-state index contributed by atoms with van der Waals surface area (Å²) in [6.45, 7) is 0. The van der Waals surface area contributed by atoms with Crippen LogP contribution in [0.15, 0.2) is 253 Å². The Bertz CT molecular complexity index is 3990. The van der Waals surface area contributed by atoms with Crippen LogP contribution >= 0.6 is 0 Å². The Balaban J connectivity index is 0.947. The van der Waals surface area contributed by atoms with Gasteiger partial charge in [-0.1, -0.05) is 206 Å². The van der Waals surface area contributed by atoms with Gasteiger partial charge in [0, 0.05) is 33.1 Å². The molecule has 0 aliphatic carbocycles. The Kier molecular flexibility index (Phi) is 8.89. The van der Waals surface area contributed by atoms with E-state index >= 15 is 0 Å². The maximum absolute atomic E-state index is 6.45. The van der Waals surface area contributed by atoms with Crippen LogP contribution < -0.4 is 4.90 Å². The van der Waals surface area contributed by atoms with Gasteiger partial charge in [0.2, 0.25) is 0 Å². The fourth-order valence-electron chi connectivity index (χ4n) is 10.3. The van der Waals surface area contributed by atoms with Crippen LogP contribution in [0.3, 0.4) is 0 Å². The first-order chi connectivity index (χ1) is 32.7. The van der Waals surface area contributed by atoms with Crippen molar-refractivity contribution < 1.29 is 4.42 Å². The smallest absolute Gasteiger partial charge is 0.143 e. The minimum Gasteiger partial charge on any atom is -0.455 e. The van der Waals surface area contributed by atoms with Gasteiger partial charge >= 0.3 is 0 Å². The van der Waals surface area contributed by atoms with E-state index < -0.39 is 0 Å². The summed E-state index contributed by atoms with van der Waals surface area (Å²) >= 11 is 0. The van der Waals surface area contributed by atoms with Crippen molar-refractivity contribution >= 4 is 82.1 Å². The molecule has 0 radical (unpaired) electrons. The number of benzene rings is 12. The van der Waals surface area contributed by atoms with Gasteiger partial charge in [-0.25, -0.2) is 0 Å². The summed E-state index contributed by atoms with van der Waals surface area (Å²) in [6, 6.07) is 90.3. The minimum atomic E-state index is 0.907. The summed E-state index contributed by atoms with van der Waals surface area (Å²) in [6.07, 6.45) is 0. The van der Waals surface area contributed by atoms with Crippen LogP contribution in [-0.4, -0.2) is 0 Å². The van der Waals surface area contributed by atoms with E-state index in [2.05, 4.69) is 241 Å². The highest BCUT2D eigenvalue weighted by Crippen LogP contribution is 2.46. The fraction of sp³-hybridized carbons (Fsp3) is 0. The van der Waals surface area contributed by atoms with E-state index in [9.17, 15) is 0 Å². The van der Waals surface area contributed by atoms with E-state index in [1.165, 1.54) is 65.3 Å². The topological polar surface area (TPSA) is 16.4 Å². The van der Waals surface area contributed by atoms with Gasteiger partial charge in [-0.3, -0.25) is 0 Å². The number of rotatable bonds is 7. The van der Waals surface area contributed by atoms with Crippen molar-refractivity contribution in [2.75, 3.05) is 4.90 Å². The van der Waals surface area contributed by atoms with Crippen LogP contribution in [0.2, 0.25) is 0 Å². The third kappa shape index (κ3) is 6.26. The zero-order valence-corrected chi connectivity index (χ0v) is 36.0. The molecule has 0 spiro atoms. The lowest BCUT2D eigenvalue weighted by Gasteiger charge is -2.28. The summed E-state index contributed by atoms with van der Waals surface area (Å²) in [5, 5.41) is 12.1. The molecule has 0 unspecified atom stereocenters. The number of hydrogen-bond donors (Lipinski definition) is 0. The Labute approximate surface area is 382 Å². The normalized spacial score (nSPS) is 11.6. The quantitative estimate of drug-likeness (QED) is 0.149. The zero-order chi connectivity index (χ0) is 43.6. The van der Waals surface area contributed by atoms with E-state index in [1.54, 1.807) is 0 Å². The van der Waals surface area contributed by atoms with Gasteiger partial charge in [-0.15, -0.1) is 0 Å². The molecule has 0 saturated carbocycles. The second-order valence-corrected chi connectivity index (χ2v) is 17.2. The molecule has 0 fully saturated rings. The standard InChI is InChI=1S/C64H41NO/c1-4-20-51-43(14-1)17-12-27-56(51)59-39-34-44-15-2-6-22-53(44)63(59)45-32-37-50(38-33-45)65(61-41-48-16-3-5-21-52(48)55-23-7-8-24-57(55)61)49-35-30-42(31-36-49)46-18-11-19-47(40-46)54-26-13-28-60-58-25-9-10-29-62(58)66-64(54)60/h1-41H. The van der Waals surface area contributed by atoms with Crippen LogP contribution in [0.1, 0.15) is 0 Å². The maximum Gasteiger partial charge on any atom is 0.143 e. The van der Waals surface area contributed by atoms with Crippen molar-refractivity contribution in [1.82, 2.24) is 0 Å². The molecule has 0 saturated heterocycles. The number of para-hydroxylation sites is 2. The summed E-state index contributed by atoms with van der Waals surface area (Å²) < 4.78 is 6.45. The lowest BCUT2D eigenvalue weighted by molar-refractivity contribution is 0.670. The average molecular weight is 840 g/mol. The lowest BCUT2D eigenvalue weighted by Crippen LogP contribution is -2.10. The van der Waals surface area contributed by atoms with Crippen molar-refractivity contribution in [3.8, 4) is 44.5 Å². The highest BCUT2D eigenvalue weighted by molar-refractivity contribution is 6.15. The molecule has 2 heteroatoms. The minimum absolute atomic E-state index is 0.907. The molecule has 13 rings (SSSR count). The first kappa shape index (κ1) is 37.8. The highest BCUT2D eigenvalue weighted by atomic mass is 16.3. The molecule has 0 aliphatic rings. The van der Waals surface area contributed by atoms with Gasteiger partial charge in [0.15, 0.2) is 0 Å². The average Bonchev–Trinajstić information content (AvgIpc) is 3.78. The predicted octanol–water partition coefficient (Wildman–Crippen LogP) is 18.3. The lowest BCUT2D eigenvalue weighted by atomic mass is 9.88. The van der Waals surface area contributed by atoms with Gasteiger partial charge in [0.05, 0.1) is 5.69 Å². The number of anilines is 3. The van der Waals surface area contributed by atoms with E-state index in [-0.39, 0.29) is 0 Å². The number of fused-ring (bicyclic) bond motifs is 8. The fourth-order valence-corrected chi connectivity index (χ4v) is 10.3. The first-order valence-electron chi connectivity index (χ1n) is 22.7. The highest BCUT2D eigenvalue weighted by Gasteiger charge is 2.20. The van der Waals surface area contributed by atoms with Crippen molar-refractivity contribution in [2.24, 2.45) is 0 Å². The van der Waals surface area contributed by atoms with Crippen molar-refractivity contribution in [2.45, 2.75) is 0 Å². The molecule has 0 N–H and O–H groups in total. The molecule has 0 amide bonds. The van der Waals surface area contributed by atoms with E-state index in [0.717, 1.165) is 61.3 Å². The van der Waals surface area contributed by atoms with Crippen LogP contribution in [0.4, 0.5) is 17.1 Å². The maximum atomic E-state index is 6.45. The van der Waals surface area contributed by atoms with E-state index in [0.29, 0.717) is 0 Å². The molecule has 66 heavy (non-hydrogen) atoms. The molecule has 13 aromatic rings. The number of hydrogen-bond acceptors (Lipinski definition) is 2. The second-order valence-electron chi connectivity index (χ2n) is 17.2. The van der Waals surface area contributed by atoms with E-state index in [4.69, 9.17) is 4.42 Å². The number of furan rings is 1. The van der Waals surface area contributed by atoms with Gasteiger partial charge in [0.1, 0.15) is 11.2 Å². The molecule has 2 nitrogen and oxygen atoms in total. The Morgan fingerprint density at radius 1 is 0.273 bits per heavy atom. The third-order valence-electron chi connectivity index (χ3n) is 13.4. The summed E-state index contributed by atoms with van der Waals surface area (Å²) in [5.74, 6) is 0. The van der Waals surface area contributed by atoms with Gasteiger partial charge in [0.25, 0.3) is 0 Å². The third-order valence-corrected chi connectivity index (χ3v) is 13.4. The van der Waals surface area contributed by atoms with Crippen LogP contribution in [0.5, 0.6) is 0 Å². The summed E-state index contributed by atoms with van der Waals surface area (Å²) in [7, 11) is 0. The molecule has 12 aromatic carbocycles. The van der Waals surface area contributed by atoms with Gasteiger partial charge < -0.3 is 9.32 Å².